The van der Waals surface area contributed by atoms with Crippen LogP contribution in [0.4, 0.5) is 0 Å². The lowest BCUT2D eigenvalue weighted by atomic mass is 10.1. The second-order valence-electron chi connectivity index (χ2n) is 6.96. The molecule has 1 heterocycles. The molecule has 0 saturated carbocycles. The third-order valence-electron chi connectivity index (χ3n) is 3.60. The number of β-amino-alcohol motifs (C(OH)–C–C–N with tert-alkyl or cyclic N) is 1. The van der Waals surface area contributed by atoms with E-state index in [0.717, 1.165) is 30.3 Å². The average Bonchev–Trinajstić information content (AvgIpc) is 2.92. The molecule has 1 unspecified atom stereocenters. The van der Waals surface area contributed by atoms with E-state index in [-0.39, 0.29) is 12.1 Å². The van der Waals surface area contributed by atoms with Gasteiger partial charge in [0.2, 0.25) is 5.58 Å². The van der Waals surface area contributed by atoms with Crippen LogP contribution in [0.2, 0.25) is 0 Å². The zero-order valence-corrected chi connectivity index (χ0v) is 14.6. The van der Waals surface area contributed by atoms with Crippen LogP contribution in [0.5, 0.6) is 5.75 Å². The van der Waals surface area contributed by atoms with Crippen molar-refractivity contribution in [3.8, 4) is 5.75 Å². The molecule has 2 aromatic rings. The van der Waals surface area contributed by atoms with Crippen LogP contribution in [0, 0.1) is 0 Å². The zero-order chi connectivity index (χ0) is 16.9. The lowest BCUT2D eigenvalue weighted by Gasteiger charge is -2.22. The van der Waals surface area contributed by atoms with E-state index in [1.165, 1.54) is 0 Å². The molecule has 2 N–H and O–H groups in total. The number of aliphatic hydroxyl groups is 1. The lowest BCUT2D eigenvalue weighted by Crippen LogP contribution is -2.42. The smallest absolute Gasteiger partial charge is 0.208 e. The highest BCUT2D eigenvalue weighted by Crippen LogP contribution is 2.28. The largest absolute Gasteiger partial charge is 0.487 e. The Hall–Kier alpha value is -1.59. The molecular formula is C18H28N2O3. The van der Waals surface area contributed by atoms with Gasteiger partial charge in [-0.1, -0.05) is 24.6 Å². The van der Waals surface area contributed by atoms with Crippen LogP contribution in [0.3, 0.4) is 0 Å². The highest BCUT2D eigenvalue weighted by atomic mass is 16.5. The van der Waals surface area contributed by atoms with E-state index in [2.05, 4.69) is 38.2 Å². The predicted molar refractivity (Wildman–Crippen MR) is 91.9 cm³/mol. The molecule has 1 atom stereocenters. The summed E-state index contributed by atoms with van der Waals surface area (Å²) in [6.45, 7) is 9.05. The second kappa shape index (κ2) is 7.79. The highest BCUT2D eigenvalue weighted by molar-refractivity contribution is 5.84. The topological polar surface area (TPSA) is 67.5 Å². The number of benzene rings is 1. The van der Waals surface area contributed by atoms with E-state index < -0.39 is 6.10 Å². The molecule has 2 rings (SSSR count). The molecule has 0 bridgehead atoms. The average molecular weight is 320 g/mol. The third-order valence-corrected chi connectivity index (χ3v) is 3.60. The Bertz CT molecular complexity index is 616. The van der Waals surface area contributed by atoms with Gasteiger partial charge in [-0.05, 0) is 45.7 Å². The first-order chi connectivity index (χ1) is 10.9. The number of ether oxygens (including phenoxy) is 1. The van der Waals surface area contributed by atoms with Crippen LogP contribution in [-0.2, 0) is 6.42 Å². The fourth-order valence-electron chi connectivity index (χ4n) is 2.29. The molecule has 5 nitrogen and oxygen atoms in total. The van der Waals surface area contributed by atoms with Gasteiger partial charge >= 0.3 is 0 Å². The second-order valence-corrected chi connectivity index (χ2v) is 6.96. The summed E-state index contributed by atoms with van der Waals surface area (Å²) in [5.41, 5.74) is 1.61. The first-order valence-electron chi connectivity index (χ1n) is 8.34. The Morgan fingerprint density at radius 1 is 1.35 bits per heavy atom. The number of nitrogens with one attached hydrogen (secondary N) is 1. The molecule has 0 amide bonds. The molecule has 0 saturated heterocycles. The summed E-state index contributed by atoms with van der Waals surface area (Å²) in [6.07, 6.45) is 2.54. The lowest BCUT2D eigenvalue weighted by molar-refractivity contribution is 0.100. The van der Waals surface area contributed by atoms with Gasteiger partial charge in [0.15, 0.2) is 5.75 Å². The SMILES string of the molecule is CCCCc1noc2c(OCC(O)CNC(C)(C)C)cccc12. The summed E-state index contributed by atoms with van der Waals surface area (Å²) in [5, 5.41) is 18.4. The standard InChI is InChI=1S/C18H28N2O3/c1-5-6-9-15-14-8-7-10-16(17(14)23-20-15)22-12-13(21)11-19-18(2,3)4/h7-8,10,13,19,21H,5-6,9,11-12H2,1-4H3. The summed E-state index contributed by atoms with van der Waals surface area (Å²) >= 11 is 0. The van der Waals surface area contributed by atoms with Crippen LogP contribution < -0.4 is 10.1 Å². The van der Waals surface area contributed by atoms with Crippen LogP contribution in [0.1, 0.15) is 46.2 Å². The van der Waals surface area contributed by atoms with Gasteiger partial charge < -0.3 is 19.7 Å². The summed E-state index contributed by atoms with van der Waals surface area (Å²) in [4.78, 5) is 0. The fourth-order valence-corrected chi connectivity index (χ4v) is 2.29. The maximum Gasteiger partial charge on any atom is 0.208 e. The van der Waals surface area contributed by atoms with Crippen molar-refractivity contribution < 1.29 is 14.4 Å². The molecule has 0 aliphatic carbocycles. The molecule has 128 valence electrons. The molecule has 0 radical (unpaired) electrons. The first-order valence-corrected chi connectivity index (χ1v) is 8.34. The minimum atomic E-state index is -0.577. The summed E-state index contributed by atoms with van der Waals surface area (Å²) in [6, 6.07) is 5.78. The predicted octanol–water partition coefficient (Wildman–Crippen LogP) is 3.30. The van der Waals surface area contributed by atoms with Gasteiger partial charge in [0.25, 0.3) is 0 Å². The van der Waals surface area contributed by atoms with E-state index in [4.69, 9.17) is 9.26 Å². The molecular weight excluding hydrogens is 292 g/mol. The van der Waals surface area contributed by atoms with Gasteiger partial charge in [-0.3, -0.25) is 0 Å². The van der Waals surface area contributed by atoms with Gasteiger partial charge in [-0.25, -0.2) is 0 Å². The minimum absolute atomic E-state index is 0.0277. The first kappa shape index (κ1) is 17.8. The number of nitrogens with zero attached hydrogens (tertiary/aromatic N) is 1. The van der Waals surface area contributed by atoms with Crippen molar-refractivity contribution in [3.05, 3.63) is 23.9 Å². The summed E-state index contributed by atoms with van der Waals surface area (Å²) in [5.74, 6) is 0.632. The number of rotatable bonds is 8. The molecule has 0 aliphatic rings. The van der Waals surface area contributed by atoms with Crippen LogP contribution in [-0.4, -0.2) is 35.1 Å². The van der Waals surface area contributed by atoms with Crippen LogP contribution >= 0.6 is 0 Å². The zero-order valence-electron chi connectivity index (χ0n) is 14.6. The molecule has 0 fully saturated rings. The number of para-hydroxylation sites is 1. The maximum absolute atomic E-state index is 10.0. The number of aryl methyl sites for hydroxylation is 1. The van der Waals surface area contributed by atoms with Crippen molar-refractivity contribution >= 4 is 11.0 Å². The number of hydrogen-bond donors (Lipinski definition) is 2. The summed E-state index contributed by atoms with van der Waals surface area (Å²) in [7, 11) is 0. The van der Waals surface area contributed by atoms with E-state index in [1.54, 1.807) is 0 Å². The van der Waals surface area contributed by atoms with Crippen molar-refractivity contribution in [3.63, 3.8) is 0 Å². The summed E-state index contributed by atoms with van der Waals surface area (Å²) < 4.78 is 11.2. The Kier molecular flexibility index (Phi) is 6.02. The third kappa shape index (κ3) is 5.22. The number of unbranched alkanes of at least 4 members (excludes halogenated alkanes) is 1. The quantitative estimate of drug-likeness (QED) is 0.781. The fraction of sp³-hybridized carbons (Fsp3) is 0.611. The molecule has 5 heteroatoms. The maximum atomic E-state index is 10.0. The van der Waals surface area contributed by atoms with E-state index in [9.17, 15) is 5.11 Å². The van der Waals surface area contributed by atoms with Gasteiger partial charge in [-0.15, -0.1) is 0 Å². The van der Waals surface area contributed by atoms with E-state index in [0.29, 0.717) is 17.9 Å². The Balaban J connectivity index is 1.99. The number of fused-ring (bicyclic) bond motifs is 1. The molecule has 1 aromatic heterocycles. The highest BCUT2D eigenvalue weighted by Gasteiger charge is 2.15. The van der Waals surface area contributed by atoms with Gasteiger partial charge in [0, 0.05) is 17.5 Å². The molecule has 0 spiro atoms. The van der Waals surface area contributed by atoms with E-state index in [1.807, 2.05) is 18.2 Å². The van der Waals surface area contributed by atoms with Crippen molar-refractivity contribution in [2.75, 3.05) is 13.2 Å². The van der Waals surface area contributed by atoms with Crippen molar-refractivity contribution in [1.82, 2.24) is 10.5 Å². The Labute approximate surface area is 138 Å². The van der Waals surface area contributed by atoms with Gasteiger partial charge in [0.05, 0.1) is 5.69 Å². The Morgan fingerprint density at radius 2 is 2.13 bits per heavy atom. The number of hydrogen-bond acceptors (Lipinski definition) is 5. The van der Waals surface area contributed by atoms with Crippen molar-refractivity contribution in [2.45, 2.75) is 58.6 Å². The van der Waals surface area contributed by atoms with Gasteiger partial charge in [0.1, 0.15) is 12.7 Å². The minimum Gasteiger partial charge on any atom is -0.487 e. The van der Waals surface area contributed by atoms with Crippen LogP contribution in [0.15, 0.2) is 22.7 Å². The number of aromatic nitrogens is 1. The monoisotopic (exact) mass is 320 g/mol. The van der Waals surface area contributed by atoms with Crippen LogP contribution in [0.25, 0.3) is 11.0 Å². The normalized spacial score (nSPS) is 13.4. The molecule has 0 aliphatic heterocycles. The Morgan fingerprint density at radius 3 is 2.83 bits per heavy atom. The number of aliphatic hydroxyl groups excluding tert-OH is 1. The molecule has 1 aromatic carbocycles. The van der Waals surface area contributed by atoms with Crippen molar-refractivity contribution in [1.29, 1.82) is 0 Å². The van der Waals surface area contributed by atoms with Gasteiger partial charge in [-0.2, -0.15) is 0 Å². The molecule has 23 heavy (non-hydrogen) atoms. The van der Waals surface area contributed by atoms with E-state index >= 15 is 0 Å². The van der Waals surface area contributed by atoms with Crippen molar-refractivity contribution in [2.24, 2.45) is 0 Å².